The molecule has 8 aromatic carbocycles. The van der Waals surface area contributed by atoms with Crippen LogP contribution in [0.1, 0.15) is 0 Å². The van der Waals surface area contributed by atoms with E-state index in [4.69, 9.17) is 0 Å². The summed E-state index contributed by atoms with van der Waals surface area (Å²) >= 11 is 5.62. The molecule has 3 aromatic heterocycles. The highest BCUT2D eigenvalue weighted by Crippen LogP contribution is 2.45. The molecule has 11 rings (SSSR count). The molecule has 0 fully saturated rings. The third kappa shape index (κ3) is 4.50. The number of nitrogens with zero attached hydrogens (tertiary/aromatic N) is 1. The summed E-state index contributed by atoms with van der Waals surface area (Å²) in [6.07, 6.45) is 0. The van der Waals surface area contributed by atoms with Crippen molar-refractivity contribution in [2.24, 2.45) is 0 Å². The number of anilines is 3. The van der Waals surface area contributed by atoms with Gasteiger partial charge >= 0.3 is 0 Å². The summed E-state index contributed by atoms with van der Waals surface area (Å²) in [4.78, 5) is 3.72. The lowest BCUT2D eigenvalue weighted by Crippen LogP contribution is -2.09. The van der Waals surface area contributed by atoms with E-state index in [2.05, 4.69) is 169 Å². The van der Waals surface area contributed by atoms with E-state index in [1.807, 2.05) is 34.0 Å². The Balaban J connectivity index is 1.08. The standard InChI is InChI=1S/C46H27NS3/c1-3-9-31-23-43-39(21-29(31)7-1)37-19-17-35(26-45(37)49-43)47(34-15-13-28(14-16-34)42-25-33-11-5-6-12-41(33)48-42)36-18-20-38-40-22-30-8-2-4-10-32(30)24-44(40)50-46(38)27-36/h1-27H. The minimum atomic E-state index is 1.15. The van der Waals surface area contributed by atoms with E-state index >= 15 is 0 Å². The van der Waals surface area contributed by atoms with Crippen LogP contribution in [0.3, 0.4) is 0 Å². The molecule has 0 spiro atoms. The van der Waals surface area contributed by atoms with Crippen LogP contribution in [-0.2, 0) is 0 Å². The van der Waals surface area contributed by atoms with E-state index in [-0.39, 0.29) is 0 Å². The second-order valence-electron chi connectivity index (χ2n) is 13.0. The summed E-state index contributed by atoms with van der Waals surface area (Å²) in [6.45, 7) is 0. The Labute approximate surface area is 300 Å². The minimum Gasteiger partial charge on any atom is -0.310 e. The fraction of sp³-hybridized carbons (Fsp3) is 0. The van der Waals surface area contributed by atoms with Gasteiger partial charge in [0.2, 0.25) is 0 Å². The first kappa shape index (κ1) is 28.3. The molecule has 0 aliphatic heterocycles. The van der Waals surface area contributed by atoms with Crippen molar-refractivity contribution in [1.82, 2.24) is 0 Å². The molecule has 0 amide bonds. The van der Waals surface area contributed by atoms with Crippen molar-refractivity contribution in [2.45, 2.75) is 0 Å². The van der Waals surface area contributed by atoms with Crippen molar-refractivity contribution >= 4 is 123 Å². The van der Waals surface area contributed by atoms with E-state index in [1.165, 1.54) is 82.4 Å². The Morgan fingerprint density at radius 2 is 0.760 bits per heavy atom. The van der Waals surface area contributed by atoms with Gasteiger partial charge in [0.15, 0.2) is 0 Å². The molecule has 11 aromatic rings. The minimum absolute atomic E-state index is 1.15. The van der Waals surface area contributed by atoms with Gasteiger partial charge < -0.3 is 4.90 Å². The van der Waals surface area contributed by atoms with Crippen LogP contribution in [0.25, 0.3) is 82.4 Å². The molecule has 0 saturated carbocycles. The summed E-state index contributed by atoms with van der Waals surface area (Å²) in [7, 11) is 0. The third-order valence-electron chi connectivity index (χ3n) is 10.00. The molecule has 0 saturated heterocycles. The zero-order chi connectivity index (χ0) is 32.8. The average Bonchev–Trinajstić information content (AvgIpc) is 3.85. The maximum absolute atomic E-state index is 2.43. The molecule has 4 heteroatoms. The highest BCUT2D eigenvalue weighted by molar-refractivity contribution is 7.26. The van der Waals surface area contributed by atoms with Crippen molar-refractivity contribution in [1.29, 1.82) is 0 Å². The zero-order valence-corrected chi connectivity index (χ0v) is 29.2. The monoisotopic (exact) mass is 689 g/mol. The molecule has 0 unspecified atom stereocenters. The first-order valence-corrected chi connectivity index (χ1v) is 19.3. The van der Waals surface area contributed by atoms with Crippen LogP contribution >= 0.6 is 34.0 Å². The molecule has 234 valence electrons. The van der Waals surface area contributed by atoms with Gasteiger partial charge in [0, 0.05) is 67.0 Å². The molecule has 0 atom stereocenters. The lowest BCUT2D eigenvalue weighted by molar-refractivity contribution is 1.30. The van der Waals surface area contributed by atoms with Crippen molar-refractivity contribution in [2.75, 3.05) is 4.90 Å². The second-order valence-corrected chi connectivity index (χ2v) is 16.2. The van der Waals surface area contributed by atoms with Gasteiger partial charge in [-0.2, -0.15) is 0 Å². The van der Waals surface area contributed by atoms with Gasteiger partial charge in [-0.15, -0.1) is 34.0 Å². The number of thiophene rings is 3. The number of hydrogen-bond donors (Lipinski definition) is 0. The van der Waals surface area contributed by atoms with Gasteiger partial charge in [0.1, 0.15) is 0 Å². The van der Waals surface area contributed by atoms with Crippen LogP contribution in [0.2, 0.25) is 0 Å². The Kier molecular flexibility index (Phi) is 6.23. The Bertz CT molecular complexity index is 2920. The van der Waals surface area contributed by atoms with Gasteiger partial charge in [0.25, 0.3) is 0 Å². The van der Waals surface area contributed by atoms with Crippen LogP contribution in [0.15, 0.2) is 164 Å². The molecule has 0 radical (unpaired) electrons. The first-order chi connectivity index (χ1) is 24.7. The third-order valence-corrected chi connectivity index (χ3v) is 13.4. The maximum atomic E-state index is 2.43. The van der Waals surface area contributed by atoms with Crippen molar-refractivity contribution in [3.63, 3.8) is 0 Å². The summed E-state index contributed by atoms with van der Waals surface area (Å²) in [5.74, 6) is 0. The summed E-state index contributed by atoms with van der Waals surface area (Å²) < 4.78 is 6.58. The number of fused-ring (bicyclic) bond motifs is 9. The first-order valence-electron chi connectivity index (χ1n) is 16.8. The normalized spacial score (nSPS) is 12.0. The Hall–Kier alpha value is -5.52. The van der Waals surface area contributed by atoms with E-state index in [0.717, 1.165) is 17.1 Å². The summed E-state index contributed by atoms with van der Waals surface area (Å²) in [5, 5.41) is 11.7. The lowest BCUT2D eigenvalue weighted by atomic mass is 10.0. The van der Waals surface area contributed by atoms with Gasteiger partial charge in [-0.25, -0.2) is 0 Å². The number of hydrogen-bond acceptors (Lipinski definition) is 4. The van der Waals surface area contributed by atoms with E-state index in [0.29, 0.717) is 0 Å². The van der Waals surface area contributed by atoms with Gasteiger partial charge in [0.05, 0.1) is 0 Å². The smallest absolute Gasteiger partial charge is 0.0476 e. The SMILES string of the molecule is c1ccc2cc3c(cc2c1)sc1cc(N(c2ccc(-c4cc5ccccc5s4)cc2)c2ccc4c(c2)sc2cc5ccccc5cc24)ccc13. The molecule has 0 aliphatic carbocycles. The molecular weight excluding hydrogens is 663 g/mol. The van der Waals surface area contributed by atoms with Crippen LogP contribution in [0.4, 0.5) is 17.1 Å². The largest absolute Gasteiger partial charge is 0.310 e. The van der Waals surface area contributed by atoms with Crippen molar-refractivity contribution in [3.8, 4) is 10.4 Å². The average molecular weight is 690 g/mol. The van der Waals surface area contributed by atoms with Crippen LogP contribution in [0, 0.1) is 0 Å². The van der Waals surface area contributed by atoms with Gasteiger partial charge in [-0.3, -0.25) is 0 Å². The number of benzene rings is 8. The molecule has 0 aliphatic rings. The highest BCUT2D eigenvalue weighted by atomic mass is 32.1. The quantitative estimate of drug-likeness (QED) is 0.178. The fourth-order valence-corrected chi connectivity index (χ4v) is 10.9. The molecule has 0 N–H and O–H groups in total. The lowest BCUT2D eigenvalue weighted by Gasteiger charge is -2.26. The van der Waals surface area contributed by atoms with E-state index in [9.17, 15) is 0 Å². The zero-order valence-electron chi connectivity index (χ0n) is 26.8. The maximum Gasteiger partial charge on any atom is 0.0476 e. The van der Waals surface area contributed by atoms with Crippen LogP contribution in [-0.4, -0.2) is 0 Å². The molecule has 50 heavy (non-hydrogen) atoms. The summed E-state index contributed by atoms with van der Waals surface area (Å²) in [6, 6.07) is 60.8. The second kappa shape index (κ2) is 11.0. The van der Waals surface area contributed by atoms with Crippen molar-refractivity contribution < 1.29 is 0 Å². The predicted octanol–water partition coefficient (Wildman–Crippen LogP) is 15.1. The summed E-state index contributed by atoms with van der Waals surface area (Å²) in [5.41, 5.74) is 4.71. The van der Waals surface area contributed by atoms with Crippen LogP contribution < -0.4 is 4.90 Å². The van der Waals surface area contributed by atoms with E-state index in [1.54, 1.807) is 0 Å². The van der Waals surface area contributed by atoms with Crippen molar-refractivity contribution in [3.05, 3.63) is 164 Å². The highest BCUT2D eigenvalue weighted by Gasteiger charge is 2.18. The fourth-order valence-electron chi connectivity index (χ4n) is 7.53. The Morgan fingerprint density at radius 1 is 0.300 bits per heavy atom. The van der Waals surface area contributed by atoms with Gasteiger partial charge in [-0.1, -0.05) is 91.0 Å². The number of rotatable bonds is 4. The Morgan fingerprint density at radius 3 is 1.30 bits per heavy atom. The van der Waals surface area contributed by atoms with Crippen LogP contribution in [0.5, 0.6) is 0 Å². The predicted molar refractivity (Wildman–Crippen MR) is 223 cm³/mol. The molecule has 1 nitrogen and oxygen atoms in total. The molecule has 3 heterocycles. The van der Waals surface area contributed by atoms with Gasteiger partial charge in [-0.05, 0) is 105 Å². The molecular formula is C46H27NS3. The topological polar surface area (TPSA) is 3.24 Å². The van der Waals surface area contributed by atoms with E-state index < -0.39 is 0 Å². The molecule has 0 bridgehead atoms.